The predicted octanol–water partition coefficient (Wildman–Crippen LogP) is 4.33. The molecule has 0 aliphatic heterocycles. The van der Waals surface area contributed by atoms with Crippen LogP contribution in [-0.2, 0) is 9.59 Å². The molecule has 2 fully saturated rings. The molecule has 3 rings (SSSR count). The summed E-state index contributed by atoms with van der Waals surface area (Å²) >= 11 is 11.9. The molecule has 3 nitrogen and oxygen atoms in total. The topological polar surface area (TPSA) is 46.2 Å². The molecule has 1 amide bonds. The number of carbonyl (C=O) groups is 2. The van der Waals surface area contributed by atoms with Crippen LogP contribution in [0.1, 0.15) is 32.1 Å². The highest BCUT2D eigenvalue weighted by Crippen LogP contribution is 2.40. The normalized spacial score (nSPS) is 28.3. The Kier molecular flexibility index (Phi) is 4.23. The lowest BCUT2D eigenvalue weighted by atomic mass is 9.67. The van der Waals surface area contributed by atoms with Gasteiger partial charge >= 0.3 is 0 Å². The summed E-state index contributed by atoms with van der Waals surface area (Å²) in [6.45, 7) is 0. The Labute approximate surface area is 134 Å². The quantitative estimate of drug-likeness (QED) is 0.879. The number of rotatable bonds is 2. The maximum Gasteiger partial charge on any atom is 0.227 e. The lowest BCUT2D eigenvalue weighted by Crippen LogP contribution is -2.40. The van der Waals surface area contributed by atoms with Crippen molar-refractivity contribution in [1.29, 1.82) is 0 Å². The van der Waals surface area contributed by atoms with Crippen molar-refractivity contribution in [1.82, 2.24) is 0 Å². The van der Waals surface area contributed by atoms with Crippen LogP contribution < -0.4 is 5.32 Å². The van der Waals surface area contributed by atoms with Gasteiger partial charge in [-0.15, -0.1) is 0 Å². The van der Waals surface area contributed by atoms with Crippen LogP contribution in [-0.4, -0.2) is 11.7 Å². The number of anilines is 1. The molecule has 2 saturated carbocycles. The average Bonchev–Trinajstić information content (AvgIpc) is 2.41. The first kappa shape index (κ1) is 14.9. The molecule has 2 unspecified atom stereocenters. The van der Waals surface area contributed by atoms with Crippen LogP contribution in [0.5, 0.6) is 0 Å². The van der Waals surface area contributed by atoms with Crippen molar-refractivity contribution in [2.75, 3.05) is 5.32 Å². The molecule has 2 bridgehead atoms. The zero-order valence-corrected chi connectivity index (χ0v) is 13.1. The summed E-state index contributed by atoms with van der Waals surface area (Å²) in [5.41, 5.74) is 0.577. The molecule has 0 aromatic heterocycles. The third kappa shape index (κ3) is 3.09. The van der Waals surface area contributed by atoms with Crippen LogP contribution in [0.2, 0.25) is 10.0 Å². The first-order chi connectivity index (χ1) is 10.0. The fourth-order valence-corrected chi connectivity index (χ4v) is 3.98. The monoisotopic (exact) mass is 325 g/mol. The fourth-order valence-electron chi connectivity index (χ4n) is 3.52. The Balaban J connectivity index is 1.70. The predicted molar refractivity (Wildman–Crippen MR) is 83.7 cm³/mol. The van der Waals surface area contributed by atoms with Crippen molar-refractivity contribution in [3.63, 3.8) is 0 Å². The molecule has 2 aliphatic rings. The third-order valence-electron chi connectivity index (χ3n) is 4.61. The van der Waals surface area contributed by atoms with E-state index in [9.17, 15) is 9.59 Å². The number of benzene rings is 1. The SMILES string of the molecule is O=C(Nc1ccc(Cl)cc1Cl)C1CC2CCCC(C1)C2=O. The van der Waals surface area contributed by atoms with Crippen LogP contribution in [0.3, 0.4) is 0 Å². The van der Waals surface area contributed by atoms with Gasteiger partial charge in [-0.25, -0.2) is 0 Å². The van der Waals surface area contributed by atoms with Gasteiger partial charge in [-0.2, -0.15) is 0 Å². The van der Waals surface area contributed by atoms with E-state index >= 15 is 0 Å². The van der Waals surface area contributed by atoms with Gasteiger partial charge in [0.15, 0.2) is 0 Å². The summed E-state index contributed by atoms with van der Waals surface area (Å²) in [6, 6.07) is 5.01. The number of nitrogens with one attached hydrogen (secondary N) is 1. The Bertz CT molecular complexity index is 572. The highest BCUT2D eigenvalue weighted by molar-refractivity contribution is 6.36. The molecule has 0 heterocycles. The van der Waals surface area contributed by atoms with Gasteiger partial charge in [0.05, 0.1) is 10.7 Å². The van der Waals surface area contributed by atoms with E-state index in [2.05, 4.69) is 5.32 Å². The summed E-state index contributed by atoms with van der Waals surface area (Å²) in [7, 11) is 0. The summed E-state index contributed by atoms with van der Waals surface area (Å²) < 4.78 is 0. The zero-order valence-electron chi connectivity index (χ0n) is 11.6. The van der Waals surface area contributed by atoms with E-state index in [1.54, 1.807) is 18.2 Å². The minimum absolute atomic E-state index is 0.0383. The van der Waals surface area contributed by atoms with Crippen molar-refractivity contribution in [3.05, 3.63) is 28.2 Å². The molecule has 2 atom stereocenters. The second kappa shape index (κ2) is 5.98. The average molecular weight is 326 g/mol. The van der Waals surface area contributed by atoms with Crippen LogP contribution in [0.25, 0.3) is 0 Å². The van der Waals surface area contributed by atoms with Crippen molar-refractivity contribution in [2.24, 2.45) is 17.8 Å². The standard InChI is InChI=1S/C16H17Cl2NO2/c17-12-4-5-14(13(18)8-12)19-16(21)11-6-9-2-1-3-10(7-11)15(9)20/h4-5,8-11H,1-3,6-7H2,(H,19,21). The number of hydrogen-bond donors (Lipinski definition) is 1. The smallest absolute Gasteiger partial charge is 0.227 e. The second-order valence-electron chi connectivity index (χ2n) is 6.01. The first-order valence-electron chi connectivity index (χ1n) is 7.34. The van der Waals surface area contributed by atoms with Crippen molar-refractivity contribution < 1.29 is 9.59 Å². The number of Topliss-reactive ketones (excluding diaryl/α,β-unsaturated/α-hetero) is 1. The van der Waals surface area contributed by atoms with Gasteiger partial charge in [0.1, 0.15) is 5.78 Å². The molecule has 21 heavy (non-hydrogen) atoms. The Morgan fingerprint density at radius 3 is 2.43 bits per heavy atom. The molecule has 0 spiro atoms. The van der Waals surface area contributed by atoms with E-state index in [4.69, 9.17) is 23.2 Å². The van der Waals surface area contributed by atoms with Gasteiger partial charge in [0, 0.05) is 22.8 Å². The third-order valence-corrected chi connectivity index (χ3v) is 5.16. The van der Waals surface area contributed by atoms with Crippen LogP contribution in [0, 0.1) is 17.8 Å². The molecule has 0 saturated heterocycles. The summed E-state index contributed by atoms with van der Waals surface area (Å²) in [6.07, 6.45) is 4.32. The van der Waals surface area contributed by atoms with Crippen LogP contribution >= 0.6 is 23.2 Å². The number of fused-ring (bicyclic) bond motifs is 2. The first-order valence-corrected chi connectivity index (χ1v) is 8.10. The summed E-state index contributed by atoms with van der Waals surface area (Å²) in [5, 5.41) is 3.84. The van der Waals surface area contributed by atoms with Gasteiger partial charge in [-0.3, -0.25) is 9.59 Å². The zero-order chi connectivity index (χ0) is 15.0. The van der Waals surface area contributed by atoms with E-state index in [0.717, 1.165) is 19.3 Å². The summed E-state index contributed by atoms with van der Waals surface area (Å²) in [4.78, 5) is 24.5. The molecule has 1 aromatic rings. The number of ketones is 1. The molecule has 2 aliphatic carbocycles. The molecular formula is C16H17Cl2NO2. The van der Waals surface area contributed by atoms with E-state index in [0.29, 0.717) is 34.4 Å². The van der Waals surface area contributed by atoms with E-state index in [-0.39, 0.29) is 23.7 Å². The van der Waals surface area contributed by atoms with E-state index in [1.807, 2.05) is 0 Å². The lowest BCUT2D eigenvalue weighted by Gasteiger charge is -2.36. The Hall–Kier alpha value is -1.06. The molecule has 1 aromatic carbocycles. The van der Waals surface area contributed by atoms with Crippen molar-refractivity contribution >= 4 is 40.6 Å². The number of halogens is 2. The minimum atomic E-state index is -0.0928. The highest BCUT2D eigenvalue weighted by Gasteiger charge is 2.41. The number of amides is 1. The molecule has 112 valence electrons. The van der Waals surface area contributed by atoms with Gasteiger partial charge in [0.25, 0.3) is 0 Å². The maximum absolute atomic E-state index is 12.4. The van der Waals surface area contributed by atoms with E-state index in [1.165, 1.54) is 0 Å². The molecule has 1 N–H and O–H groups in total. The lowest BCUT2D eigenvalue weighted by molar-refractivity contribution is -0.136. The van der Waals surface area contributed by atoms with Crippen LogP contribution in [0.15, 0.2) is 18.2 Å². The Morgan fingerprint density at radius 1 is 1.14 bits per heavy atom. The van der Waals surface area contributed by atoms with Gasteiger partial charge in [0.2, 0.25) is 5.91 Å². The maximum atomic E-state index is 12.4. The van der Waals surface area contributed by atoms with Gasteiger partial charge in [-0.1, -0.05) is 29.6 Å². The second-order valence-corrected chi connectivity index (χ2v) is 6.85. The largest absolute Gasteiger partial charge is 0.325 e. The van der Waals surface area contributed by atoms with Gasteiger partial charge in [-0.05, 0) is 43.9 Å². The van der Waals surface area contributed by atoms with Crippen molar-refractivity contribution in [2.45, 2.75) is 32.1 Å². The van der Waals surface area contributed by atoms with Crippen LogP contribution in [0.4, 0.5) is 5.69 Å². The van der Waals surface area contributed by atoms with Gasteiger partial charge < -0.3 is 5.32 Å². The van der Waals surface area contributed by atoms with Crippen molar-refractivity contribution in [3.8, 4) is 0 Å². The molecular weight excluding hydrogens is 309 g/mol. The number of carbonyl (C=O) groups excluding carboxylic acids is 2. The fraction of sp³-hybridized carbons (Fsp3) is 0.500. The number of hydrogen-bond acceptors (Lipinski definition) is 2. The van der Waals surface area contributed by atoms with E-state index < -0.39 is 0 Å². The molecule has 0 radical (unpaired) electrons. The highest BCUT2D eigenvalue weighted by atomic mass is 35.5. The summed E-state index contributed by atoms with van der Waals surface area (Å²) in [5.74, 6) is 0.395. The molecule has 5 heteroatoms. The Morgan fingerprint density at radius 2 is 1.81 bits per heavy atom. The minimum Gasteiger partial charge on any atom is -0.325 e.